The third-order valence-corrected chi connectivity index (χ3v) is 6.68. The molecule has 2 aliphatic carbocycles. The molecule has 2 fully saturated rings. The van der Waals surface area contributed by atoms with Crippen LogP contribution in [-0.2, 0) is 4.79 Å². The summed E-state index contributed by atoms with van der Waals surface area (Å²) in [5, 5.41) is 9.84. The number of aromatic nitrogens is 3. The van der Waals surface area contributed by atoms with Crippen molar-refractivity contribution in [1.29, 1.82) is 0 Å². The first-order valence-electron chi connectivity index (χ1n) is 12.5. The Kier molecular flexibility index (Phi) is 8.49. The van der Waals surface area contributed by atoms with E-state index in [1.165, 1.54) is 38.9 Å². The van der Waals surface area contributed by atoms with E-state index in [9.17, 15) is 9.18 Å². The first kappa shape index (κ1) is 24.2. The molecule has 2 aromatic rings. The van der Waals surface area contributed by atoms with E-state index < -0.39 is 5.82 Å². The summed E-state index contributed by atoms with van der Waals surface area (Å²) in [5.74, 6) is 1.62. The van der Waals surface area contributed by atoms with Crippen LogP contribution in [0.2, 0.25) is 0 Å². The summed E-state index contributed by atoms with van der Waals surface area (Å²) in [4.78, 5) is 25.5. The Morgan fingerprint density at radius 2 is 1.76 bits per heavy atom. The van der Waals surface area contributed by atoms with E-state index in [1.54, 1.807) is 12.1 Å². The lowest BCUT2D eigenvalue weighted by Crippen LogP contribution is -2.21. The predicted molar refractivity (Wildman–Crippen MR) is 131 cm³/mol. The van der Waals surface area contributed by atoms with Crippen LogP contribution in [0.1, 0.15) is 70.6 Å². The molecule has 1 heterocycles. The molecule has 1 aromatic carbocycles. The first-order valence-corrected chi connectivity index (χ1v) is 12.5. The van der Waals surface area contributed by atoms with Crippen molar-refractivity contribution in [2.45, 2.75) is 76.7 Å². The number of ether oxygens (including phenoxy) is 1. The van der Waals surface area contributed by atoms with E-state index in [4.69, 9.17) is 4.74 Å². The van der Waals surface area contributed by atoms with Crippen molar-refractivity contribution in [2.75, 3.05) is 29.6 Å². The fourth-order valence-electron chi connectivity index (χ4n) is 4.80. The SMILES string of the molecule is COc1ccc(Nc2nc(NCCCC3CCCC3=O)nc(NC3CCCCCC3)n2)cc1F. The van der Waals surface area contributed by atoms with Gasteiger partial charge in [0.05, 0.1) is 7.11 Å². The van der Waals surface area contributed by atoms with Crippen LogP contribution in [0, 0.1) is 11.7 Å². The van der Waals surface area contributed by atoms with Crippen LogP contribution in [0.15, 0.2) is 18.2 Å². The molecule has 0 amide bonds. The van der Waals surface area contributed by atoms with Crippen LogP contribution in [-0.4, -0.2) is 40.4 Å². The van der Waals surface area contributed by atoms with Gasteiger partial charge in [-0.15, -0.1) is 0 Å². The topological polar surface area (TPSA) is 101 Å². The molecule has 0 aliphatic heterocycles. The minimum atomic E-state index is -0.460. The fraction of sp³-hybridized carbons (Fsp3) is 0.600. The summed E-state index contributed by atoms with van der Waals surface area (Å²) in [6.45, 7) is 0.674. The Balaban J connectivity index is 1.44. The maximum Gasteiger partial charge on any atom is 0.233 e. The maximum atomic E-state index is 14.2. The molecular formula is C25H35FN6O2. The molecule has 1 unspecified atom stereocenters. The van der Waals surface area contributed by atoms with Crippen LogP contribution >= 0.6 is 0 Å². The van der Waals surface area contributed by atoms with E-state index in [2.05, 4.69) is 30.9 Å². The summed E-state index contributed by atoms with van der Waals surface area (Å²) in [5.41, 5.74) is 0.524. The molecule has 34 heavy (non-hydrogen) atoms. The lowest BCUT2D eigenvalue weighted by Gasteiger charge is -2.17. The van der Waals surface area contributed by atoms with Gasteiger partial charge in [0.15, 0.2) is 11.6 Å². The van der Waals surface area contributed by atoms with Crippen molar-refractivity contribution in [3.63, 3.8) is 0 Å². The molecule has 1 atom stereocenters. The standard InChI is InChI=1S/C25H35FN6O2/c1-34-22-14-13-19(16-20(22)26)29-25-31-23(27-15-7-9-17-8-6-12-21(17)33)30-24(32-25)28-18-10-4-2-3-5-11-18/h13-14,16-18H,2-12,15H2,1H3,(H3,27,28,29,30,31,32). The normalized spacial score (nSPS) is 19.0. The second kappa shape index (κ2) is 11.9. The highest BCUT2D eigenvalue weighted by Crippen LogP contribution is 2.26. The Labute approximate surface area is 200 Å². The number of methoxy groups -OCH3 is 1. The van der Waals surface area contributed by atoms with Crippen molar-refractivity contribution in [3.8, 4) is 5.75 Å². The highest BCUT2D eigenvalue weighted by atomic mass is 19.1. The molecule has 8 nitrogen and oxygen atoms in total. The quantitative estimate of drug-likeness (QED) is 0.311. The number of carbonyl (C=O) groups is 1. The second-order valence-corrected chi connectivity index (χ2v) is 9.24. The lowest BCUT2D eigenvalue weighted by molar-refractivity contribution is -0.120. The Hall–Kier alpha value is -2.97. The monoisotopic (exact) mass is 470 g/mol. The van der Waals surface area contributed by atoms with E-state index in [1.807, 2.05) is 0 Å². The van der Waals surface area contributed by atoms with Crippen LogP contribution in [0.25, 0.3) is 0 Å². The molecule has 0 bridgehead atoms. The van der Waals surface area contributed by atoms with Crippen LogP contribution in [0.4, 0.5) is 27.9 Å². The summed E-state index contributed by atoms with van der Waals surface area (Å²) < 4.78 is 19.1. The Bertz CT molecular complexity index is 964. The molecule has 4 rings (SSSR count). The molecule has 2 saturated carbocycles. The molecule has 0 spiro atoms. The maximum absolute atomic E-state index is 14.2. The molecule has 184 valence electrons. The van der Waals surface area contributed by atoms with Gasteiger partial charge in [-0.2, -0.15) is 15.0 Å². The molecule has 3 N–H and O–H groups in total. The van der Waals surface area contributed by atoms with Gasteiger partial charge in [0.2, 0.25) is 17.8 Å². The van der Waals surface area contributed by atoms with Gasteiger partial charge >= 0.3 is 0 Å². The van der Waals surface area contributed by atoms with Gasteiger partial charge in [0, 0.05) is 36.7 Å². The number of hydrogen-bond donors (Lipinski definition) is 3. The van der Waals surface area contributed by atoms with E-state index in [-0.39, 0.29) is 11.7 Å². The smallest absolute Gasteiger partial charge is 0.233 e. The number of rotatable bonds is 10. The Morgan fingerprint density at radius 3 is 2.47 bits per heavy atom. The number of hydrogen-bond acceptors (Lipinski definition) is 8. The first-order chi connectivity index (χ1) is 16.6. The number of nitrogens with zero attached hydrogens (tertiary/aromatic N) is 3. The predicted octanol–water partition coefficient (Wildman–Crippen LogP) is 5.46. The van der Waals surface area contributed by atoms with Crippen molar-refractivity contribution < 1.29 is 13.9 Å². The van der Waals surface area contributed by atoms with Gasteiger partial charge in [-0.05, 0) is 50.7 Å². The van der Waals surface area contributed by atoms with Crippen molar-refractivity contribution >= 4 is 29.3 Å². The van der Waals surface area contributed by atoms with E-state index >= 15 is 0 Å². The number of benzene rings is 1. The highest BCUT2D eigenvalue weighted by Gasteiger charge is 2.23. The average Bonchev–Trinajstić information content (AvgIpc) is 3.06. The third-order valence-electron chi connectivity index (χ3n) is 6.68. The van der Waals surface area contributed by atoms with Crippen molar-refractivity contribution in [1.82, 2.24) is 15.0 Å². The van der Waals surface area contributed by atoms with Crippen LogP contribution in [0.5, 0.6) is 5.75 Å². The second-order valence-electron chi connectivity index (χ2n) is 9.24. The number of carbonyl (C=O) groups excluding carboxylic acids is 1. The number of ketones is 1. The fourth-order valence-corrected chi connectivity index (χ4v) is 4.80. The third kappa shape index (κ3) is 6.77. The minimum absolute atomic E-state index is 0.181. The van der Waals surface area contributed by atoms with Crippen LogP contribution < -0.4 is 20.7 Å². The minimum Gasteiger partial charge on any atom is -0.494 e. The largest absolute Gasteiger partial charge is 0.494 e. The van der Waals surface area contributed by atoms with Gasteiger partial charge in [-0.1, -0.05) is 25.7 Å². The number of halogens is 1. The van der Waals surface area contributed by atoms with Gasteiger partial charge in [0.25, 0.3) is 0 Å². The molecule has 1 aromatic heterocycles. The van der Waals surface area contributed by atoms with E-state index in [0.717, 1.165) is 44.9 Å². The van der Waals surface area contributed by atoms with Crippen LogP contribution in [0.3, 0.4) is 0 Å². The number of nitrogens with one attached hydrogen (secondary N) is 3. The summed E-state index contributed by atoms with van der Waals surface area (Å²) in [6.07, 6.45) is 11.6. The van der Waals surface area contributed by atoms with E-state index in [0.29, 0.717) is 41.9 Å². The molecule has 9 heteroatoms. The number of anilines is 4. The molecule has 2 aliphatic rings. The lowest BCUT2D eigenvalue weighted by atomic mass is 10.0. The van der Waals surface area contributed by atoms with Gasteiger partial charge < -0.3 is 20.7 Å². The van der Waals surface area contributed by atoms with Crippen molar-refractivity contribution in [2.24, 2.45) is 5.92 Å². The summed E-state index contributed by atoms with van der Waals surface area (Å²) in [6, 6.07) is 4.97. The van der Waals surface area contributed by atoms with Gasteiger partial charge in [-0.25, -0.2) is 4.39 Å². The molecule has 0 saturated heterocycles. The highest BCUT2D eigenvalue weighted by molar-refractivity contribution is 5.82. The zero-order chi connectivity index (χ0) is 23.8. The summed E-state index contributed by atoms with van der Waals surface area (Å²) in [7, 11) is 1.43. The van der Waals surface area contributed by atoms with Gasteiger partial charge in [0.1, 0.15) is 5.78 Å². The zero-order valence-electron chi connectivity index (χ0n) is 19.9. The number of Topliss-reactive ketones (excluding diaryl/α,β-unsaturated/α-hetero) is 1. The average molecular weight is 471 g/mol. The Morgan fingerprint density at radius 1 is 1.00 bits per heavy atom. The summed E-state index contributed by atoms with van der Waals surface area (Å²) >= 11 is 0. The van der Waals surface area contributed by atoms with Gasteiger partial charge in [-0.3, -0.25) is 4.79 Å². The molecule has 0 radical (unpaired) electrons. The van der Waals surface area contributed by atoms with Crippen molar-refractivity contribution in [3.05, 3.63) is 24.0 Å². The molecular weight excluding hydrogens is 435 g/mol. The zero-order valence-corrected chi connectivity index (χ0v) is 19.9.